The summed E-state index contributed by atoms with van der Waals surface area (Å²) in [5.41, 5.74) is -0.405. The van der Waals surface area contributed by atoms with Crippen molar-refractivity contribution in [1.82, 2.24) is 9.55 Å². The van der Waals surface area contributed by atoms with E-state index < -0.39 is 0 Å². The molecule has 1 rings (SSSR count). The Kier molecular flexibility index (Phi) is 4.69. The Balaban J connectivity index is 2.73. The Bertz CT molecular complexity index is 412. The zero-order chi connectivity index (χ0) is 12.9. The SMILES string of the molecule is CCOC(C)(C)CNc1nccn(CC)c1=O. The van der Waals surface area contributed by atoms with Gasteiger partial charge in [0, 0.05) is 32.1 Å². The number of nitrogens with zero attached hydrogens (tertiary/aromatic N) is 2. The zero-order valence-electron chi connectivity index (χ0n) is 11.0. The van der Waals surface area contributed by atoms with Gasteiger partial charge >= 0.3 is 0 Å². The first-order valence-electron chi connectivity index (χ1n) is 5.93. The van der Waals surface area contributed by atoms with Gasteiger partial charge in [0.2, 0.25) is 0 Å². The van der Waals surface area contributed by atoms with Gasteiger partial charge < -0.3 is 14.6 Å². The van der Waals surface area contributed by atoms with Crippen molar-refractivity contribution in [2.75, 3.05) is 18.5 Å². The molecule has 0 bridgehead atoms. The van der Waals surface area contributed by atoms with Gasteiger partial charge in [-0.05, 0) is 27.7 Å². The summed E-state index contributed by atoms with van der Waals surface area (Å²) in [4.78, 5) is 15.9. The highest BCUT2D eigenvalue weighted by atomic mass is 16.5. The molecule has 96 valence electrons. The number of hydrogen-bond donors (Lipinski definition) is 1. The van der Waals surface area contributed by atoms with Gasteiger partial charge in [-0.3, -0.25) is 4.79 Å². The number of ether oxygens (including phenoxy) is 1. The van der Waals surface area contributed by atoms with Crippen molar-refractivity contribution in [3.05, 3.63) is 22.7 Å². The van der Waals surface area contributed by atoms with Gasteiger partial charge in [-0.1, -0.05) is 0 Å². The third-order valence-corrected chi connectivity index (χ3v) is 2.47. The Labute approximate surface area is 102 Å². The molecule has 0 aliphatic heterocycles. The Morgan fingerprint density at radius 1 is 1.47 bits per heavy atom. The first-order chi connectivity index (χ1) is 8.00. The summed E-state index contributed by atoms with van der Waals surface area (Å²) in [7, 11) is 0. The minimum absolute atomic E-state index is 0.0951. The van der Waals surface area contributed by atoms with Crippen molar-refractivity contribution in [3.8, 4) is 0 Å². The van der Waals surface area contributed by atoms with Gasteiger partial charge in [0.25, 0.3) is 5.56 Å². The summed E-state index contributed by atoms with van der Waals surface area (Å²) < 4.78 is 7.16. The van der Waals surface area contributed by atoms with Crippen molar-refractivity contribution in [3.63, 3.8) is 0 Å². The van der Waals surface area contributed by atoms with Crippen LogP contribution in [0.25, 0.3) is 0 Å². The van der Waals surface area contributed by atoms with Crippen LogP contribution >= 0.6 is 0 Å². The normalized spacial score (nSPS) is 11.5. The number of anilines is 1. The van der Waals surface area contributed by atoms with Gasteiger partial charge in [-0.15, -0.1) is 0 Å². The van der Waals surface area contributed by atoms with Crippen molar-refractivity contribution in [2.45, 2.75) is 39.8 Å². The molecule has 1 heterocycles. The number of aromatic nitrogens is 2. The molecule has 5 nitrogen and oxygen atoms in total. The smallest absolute Gasteiger partial charge is 0.293 e. The van der Waals surface area contributed by atoms with Crippen LogP contribution in [0.1, 0.15) is 27.7 Å². The molecule has 1 aromatic heterocycles. The lowest BCUT2D eigenvalue weighted by Gasteiger charge is -2.25. The molecule has 0 aromatic carbocycles. The van der Waals surface area contributed by atoms with Crippen LogP contribution in [0.3, 0.4) is 0 Å². The second-order valence-corrected chi connectivity index (χ2v) is 4.41. The number of rotatable bonds is 6. The predicted octanol–water partition coefficient (Wildman–Crippen LogP) is 1.49. The molecule has 0 spiro atoms. The van der Waals surface area contributed by atoms with E-state index in [1.165, 1.54) is 0 Å². The minimum atomic E-state index is -0.310. The number of aryl methyl sites for hydroxylation is 1. The van der Waals surface area contributed by atoms with Crippen LogP contribution in [0.4, 0.5) is 5.82 Å². The molecule has 17 heavy (non-hydrogen) atoms. The molecule has 0 saturated carbocycles. The Morgan fingerprint density at radius 2 is 2.18 bits per heavy atom. The fraction of sp³-hybridized carbons (Fsp3) is 0.667. The Hall–Kier alpha value is -1.36. The van der Waals surface area contributed by atoms with Crippen LogP contribution in [0.15, 0.2) is 17.2 Å². The van der Waals surface area contributed by atoms with Crippen LogP contribution in [-0.4, -0.2) is 28.3 Å². The number of nitrogens with one attached hydrogen (secondary N) is 1. The first kappa shape index (κ1) is 13.7. The maximum Gasteiger partial charge on any atom is 0.293 e. The molecule has 0 aliphatic carbocycles. The molecule has 1 N–H and O–H groups in total. The summed E-state index contributed by atoms with van der Waals surface area (Å²) in [6, 6.07) is 0. The molecule has 0 atom stereocenters. The third kappa shape index (κ3) is 3.85. The number of hydrogen-bond acceptors (Lipinski definition) is 4. The lowest BCUT2D eigenvalue weighted by Crippen LogP contribution is -2.35. The lowest BCUT2D eigenvalue weighted by atomic mass is 10.1. The van der Waals surface area contributed by atoms with Crippen LogP contribution in [-0.2, 0) is 11.3 Å². The van der Waals surface area contributed by atoms with Crippen LogP contribution in [0.2, 0.25) is 0 Å². The first-order valence-corrected chi connectivity index (χ1v) is 5.93. The molecule has 0 saturated heterocycles. The van der Waals surface area contributed by atoms with Crippen molar-refractivity contribution >= 4 is 5.82 Å². The standard InChI is InChI=1S/C12H21N3O2/c1-5-15-8-7-13-10(11(15)16)14-9-12(3,4)17-6-2/h7-8H,5-6,9H2,1-4H3,(H,13,14). The molecule has 0 unspecified atom stereocenters. The van der Waals surface area contributed by atoms with Crippen molar-refractivity contribution in [2.24, 2.45) is 0 Å². The fourth-order valence-corrected chi connectivity index (χ4v) is 1.56. The molecule has 0 radical (unpaired) electrons. The van der Waals surface area contributed by atoms with Gasteiger partial charge in [0.1, 0.15) is 0 Å². The quantitative estimate of drug-likeness (QED) is 0.817. The summed E-state index contributed by atoms with van der Waals surface area (Å²) in [6.07, 6.45) is 3.31. The average Bonchev–Trinajstić information content (AvgIpc) is 2.28. The molecule has 5 heteroatoms. The van der Waals surface area contributed by atoms with Crippen LogP contribution in [0.5, 0.6) is 0 Å². The topological polar surface area (TPSA) is 56.1 Å². The van der Waals surface area contributed by atoms with E-state index >= 15 is 0 Å². The highest BCUT2D eigenvalue weighted by molar-refractivity contribution is 5.31. The van der Waals surface area contributed by atoms with Gasteiger partial charge in [-0.25, -0.2) is 4.98 Å². The van der Waals surface area contributed by atoms with E-state index in [4.69, 9.17) is 4.74 Å². The molecular formula is C12H21N3O2. The summed E-state index contributed by atoms with van der Waals surface area (Å²) >= 11 is 0. The van der Waals surface area contributed by atoms with E-state index in [0.29, 0.717) is 25.5 Å². The van der Waals surface area contributed by atoms with Gasteiger partial charge in [-0.2, -0.15) is 0 Å². The summed E-state index contributed by atoms with van der Waals surface area (Å²) in [6.45, 7) is 9.68. The van der Waals surface area contributed by atoms with E-state index in [2.05, 4.69) is 10.3 Å². The van der Waals surface area contributed by atoms with E-state index in [-0.39, 0.29) is 11.2 Å². The summed E-state index contributed by atoms with van der Waals surface area (Å²) in [5, 5.41) is 3.04. The Morgan fingerprint density at radius 3 is 2.76 bits per heavy atom. The molecule has 0 amide bonds. The second kappa shape index (κ2) is 5.82. The van der Waals surface area contributed by atoms with Gasteiger partial charge in [0.05, 0.1) is 5.60 Å². The van der Waals surface area contributed by atoms with E-state index in [9.17, 15) is 4.79 Å². The molecule has 0 aliphatic rings. The maximum absolute atomic E-state index is 11.9. The molecular weight excluding hydrogens is 218 g/mol. The van der Waals surface area contributed by atoms with Crippen molar-refractivity contribution < 1.29 is 4.74 Å². The summed E-state index contributed by atoms with van der Waals surface area (Å²) in [5.74, 6) is 0.377. The van der Waals surface area contributed by atoms with Crippen LogP contribution < -0.4 is 10.9 Å². The molecule has 1 aromatic rings. The highest BCUT2D eigenvalue weighted by Gasteiger charge is 2.18. The fourth-order valence-electron chi connectivity index (χ4n) is 1.56. The average molecular weight is 239 g/mol. The lowest BCUT2D eigenvalue weighted by molar-refractivity contribution is 0.000619. The minimum Gasteiger partial charge on any atom is -0.374 e. The maximum atomic E-state index is 11.9. The third-order valence-electron chi connectivity index (χ3n) is 2.47. The van der Waals surface area contributed by atoms with Crippen LogP contribution in [0, 0.1) is 0 Å². The van der Waals surface area contributed by atoms with E-state index in [1.807, 2.05) is 27.7 Å². The largest absolute Gasteiger partial charge is 0.374 e. The zero-order valence-corrected chi connectivity index (χ0v) is 11.0. The van der Waals surface area contributed by atoms with E-state index in [1.54, 1.807) is 17.0 Å². The van der Waals surface area contributed by atoms with Gasteiger partial charge in [0.15, 0.2) is 5.82 Å². The highest BCUT2D eigenvalue weighted by Crippen LogP contribution is 2.09. The van der Waals surface area contributed by atoms with E-state index in [0.717, 1.165) is 0 Å². The van der Waals surface area contributed by atoms with Crippen molar-refractivity contribution in [1.29, 1.82) is 0 Å². The second-order valence-electron chi connectivity index (χ2n) is 4.41. The monoisotopic (exact) mass is 239 g/mol. The molecule has 0 fully saturated rings. The predicted molar refractivity (Wildman–Crippen MR) is 68.4 cm³/mol.